The molecule has 0 unspecified atom stereocenters. The second-order valence-corrected chi connectivity index (χ2v) is 13.7. The minimum atomic E-state index is -0.0582. The maximum Gasteiger partial charge on any atom is 0.0159 e. The van der Waals surface area contributed by atoms with Crippen LogP contribution in [0.15, 0.2) is 158 Å². The molecule has 0 nitrogen and oxygen atoms in total. The molecule has 10 rings (SSSR count). The fraction of sp³-hybridized carbons (Fsp3) is 0.0638. The molecule has 0 fully saturated rings. The fourth-order valence-corrected chi connectivity index (χ4v) is 8.42. The summed E-state index contributed by atoms with van der Waals surface area (Å²) in [5, 5.41) is 10.6. The number of hydrogen-bond acceptors (Lipinski definition) is 0. The van der Waals surface area contributed by atoms with Crippen LogP contribution in [0.1, 0.15) is 25.0 Å². The lowest BCUT2D eigenvalue weighted by atomic mass is 9.81. The van der Waals surface area contributed by atoms with Gasteiger partial charge >= 0.3 is 0 Å². The van der Waals surface area contributed by atoms with Crippen molar-refractivity contribution in [2.24, 2.45) is 0 Å². The molecular formula is C47H32. The average Bonchev–Trinajstić information content (AvgIpc) is 3.36. The Morgan fingerprint density at radius 3 is 1.68 bits per heavy atom. The highest BCUT2D eigenvalue weighted by Gasteiger charge is 2.36. The first-order chi connectivity index (χ1) is 23.0. The summed E-state index contributed by atoms with van der Waals surface area (Å²) >= 11 is 0. The van der Waals surface area contributed by atoms with Gasteiger partial charge in [0.25, 0.3) is 0 Å². The van der Waals surface area contributed by atoms with E-state index in [-0.39, 0.29) is 5.41 Å². The molecule has 9 aromatic carbocycles. The minimum Gasteiger partial charge on any atom is -0.0616 e. The quantitative estimate of drug-likeness (QED) is 0.178. The third kappa shape index (κ3) is 3.82. The molecular weight excluding hydrogens is 565 g/mol. The van der Waals surface area contributed by atoms with Crippen molar-refractivity contribution in [3.05, 3.63) is 169 Å². The molecule has 0 atom stereocenters. The first-order valence-corrected chi connectivity index (χ1v) is 16.6. The molecule has 0 bridgehead atoms. The Morgan fingerprint density at radius 2 is 0.894 bits per heavy atom. The summed E-state index contributed by atoms with van der Waals surface area (Å²) in [6.07, 6.45) is 0. The van der Waals surface area contributed by atoms with Crippen molar-refractivity contribution in [1.29, 1.82) is 0 Å². The normalized spacial score (nSPS) is 13.5. The Balaban J connectivity index is 1.07. The molecule has 0 heterocycles. The van der Waals surface area contributed by atoms with Crippen LogP contribution in [0.4, 0.5) is 0 Å². The SMILES string of the molecule is CC1(C)c2cc(-c3cccc(-c4cccc(-c5ccc6ccc7cccc8ccc5c6c78)c4)c3)ccc2-c2c1ccc1ccccc21. The molecule has 0 radical (unpaired) electrons. The molecule has 1 aliphatic rings. The van der Waals surface area contributed by atoms with E-state index >= 15 is 0 Å². The van der Waals surface area contributed by atoms with Gasteiger partial charge in [0, 0.05) is 5.41 Å². The second-order valence-electron chi connectivity index (χ2n) is 13.7. The van der Waals surface area contributed by atoms with E-state index in [1.54, 1.807) is 0 Å². The van der Waals surface area contributed by atoms with Gasteiger partial charge < -0.3 is 0 Å². The van der Waals surface area contributed by atoms with Crippen LogP contribution in [0, 0.1) is 0 Å². The van der Waals surface area contributed by atoms with E-state index < -0.39 is 0 Å². The lowest BCUT2D eigenvalue weighted by Gasteiger charge is -2.22. The number of benzene rings is 9. The molecule has 0 aromatic heterocycles. The summed E-state index contributed by atoms with van der Waals surface area (Å²) in [6, 6.07) is 58.9. The Morgan fingerprint density at radius 1 is 0.340 bits per heavy atom. The molecule has 0 aliphatic heterocycles. The topological polar surface area (TPSA) is 0 Å². The van der Waals surface area contributed by atoms with Crippen LogP contribution >= 0.6 is 0 Å². The Bertz CT molecular complexity index is 2690. The summed E-state index contributed by atoms with van der Waals surface area (Å²) in [7, 11) is 0. The van der Waals surface area contributed by atoms with Crippen LogP contribution in [0.2, 0.25) is 0 Å². The molecule has 0 saturated heterocycles. The molecule has 0 spiro atoms. The summed E-state index contributed by atoms with van der Waals surface area (Å²) in [6.45, 7) is 4.74. The highest BCUT2D eigenvalue weighted by atomic mass is 14.4. The number of fused-ring (bicyclic) bond motifs is 5. The molecule has 0 saturated carbocycles. The van der Waals surface area contributed by atoms with Crippen LogP contribution in [0.3, 0.4) is 0 Å². The van der Waals surface area contributed by atoms with Crippen molar-refractivity contribution in [2.45, 2.75) is 19.3 Å². The molecule has 1 aliphatic carbocycles. The minimum absolute atomic E-state index is 0.0582. The lowest BCUT2D eigenvalue weighted by Crippen LogP contribution is -2.15. The smallest absolute Gasteiger partial charge is 0.0159 e. The maximum atomic E-state index is 2.43. The molecule has 47 heavy (non-hydrogen) atoms. The van der Waals surface area contributed by atoms with E-state index in [0.29, 0.717) is 0 Å². The van der Waals surface area contributed by atoms with E-state index in [9.17, 15) is 0 Å². The van der Waals surface area contributed by atoms with Gasteiger partial charge in [-0.25, -0.2) is 0 Å². The molecule has 220 valence electrons. The zero-order valence-corrected chi connectivity index (χ0v) is 26.5. The van der Waals surface area contributed by atoms with Gasteiger partial charge in [0.1, 0.15) is 0 Å². The predicted octanol–water partition coefficient (Wildman–Crippen LogP) is 13.0. The van der Waals surface area contributed by atoms with Gasteiger partial charge in [-0.15, -0.1) is 0 Å². The fourth-order valence-electron chi connectivity index (χ4n) is 8.42. The Labute approximate surface area is 274 Å². The van der Waals surface area contributed by atoms with Gasteiger partial charge in [0.05, 0.1) is 0 Å². The van der Waals surface area contributed by atoms with E-state index in [0.717, 1.165) is 0 Å². The predicted molar refractivity (Wildman–Crippen MR) is 202 cm³/mol. The molecule has 0 amide bonds. The van der Waals surface area contributed by atoms with Crippen LogP contribution in [0.25, 0.3) is 87.6 Å². The standard InChI is InChI=1S/C47H32/c1-47(2)42-25-21-29-8-3-4-15-39(29)46(42)41-24-20-36(28-43(41)47)34-12-6-11-33(26-34)35-13-7-14-37(27-35)38-22-18-32-17-16-30-9-5-10-31-19-23-40(38)45(32)44(30)31/h3-28H,1-2H3. The van der Waals surface area contributed by atoms with E-state index in [2.05, 4.69) is 172 Å². The van der Waals surface area contributed by atoms with Crippen LogP contribution < -0.4 is 0 Å². The van der Waals surface area contributed by atoms with E-state index in [4.69, 9.17) is 0 Å². The van der Waals surface area contributed by atoms with Gasteiger partial charge in [0.2, 0.25) is 0 Å². The molecule has 0 heteroatoms. The zero-order chi connectivity index (χ0) is 31.3. The van der Waals surface area contributed by atoms with Gasteiger partial charge in [0.15, 0.2) is 0 Å². The first kappa shape index (κ1) is 26.5. The van der Waals surface area contributed by atoms with Crippen molar-refractivity contribution in [3.8, 4) is 44.5 Å². The number of rotatable bonds is 3. The lowest BCUT2D eigenvalue weighted by molar-refractivity contribution is 0.661. The van der Waals surface area contributed by atoms with Gasteiger partial charge in [-0.1, -0.05) is 153 Å². The first-order valence-electron chi connectivity index (χ1n) is 16.6. The third-order valence-electron chi connectivity index (χ3n) is 10.8. The van der Waals surface area contributed by atoms with Crippen LogP contribution in [0.5, 0.6) is 0 Å². The van der Waals surface area contributed by atoms with Crippen molar-refractivity contribution in [1.82, 2.24) is 0 Å². The zero-order valence-electron chi connectivity index (χ0n) is 26.5. The van der Waals surface area contributed by atoms with E-state index in [1.165, 1.54) is 98.7 Å². The third-order valence-corrected chi connectivity index (χ3v) is 10.8. The maximum absolute atomic E-state index is 2.43. The average molecular weight is 597 g/mol. The number of hydrogen-bond donors (Lipinski definition) is 0. The largest absolute Gasteiger partial charge is 0.0616 e. The van der Waals surface area contributed by atoms with Crippen LogP contribution in [-0.2, 0) is 5.41 Å². The monoisotopic (exact) mass is 596 g/mol. The second kappa shape index (κ2) is 9.64. The van der Waals surface area contributed by atoms with Crippen LogP contribution in [-0.4, -0.2) is 0 Å². The molecule has 0 N–H and O–H groups in total. The van der Waals surface area contributed by atoms with E-state index in [1.807, 2.05) is 0 Å². The highest BCUT2D eigenvalue weighted by Crippen LogP contribution is 2.52. The summed E-state index contributed by atoms with van der Waals surface area (Å²) < 4.78 is 0. The van der Waals surface area contributed by atoms with Crippen molar-refractivity contribution >= 4 is 43.1 Å². The molecule has 9 aromatic rings. The van der Waals surface area contributed by atoms with Gasteiger partial charge in [-0.05, 0) is 117 Å². The van der Waals surface area contributed by atoms with Crippen molar-refractivity contribution in [2.75, 3.05) is 0 Å². The Kier molecular flexibility index (Phi) is 5.44. The highest BCUT2D eigenvalue weighted by molar-refractivity contribution is 6.25. The summed E-state index contributed by atoms with van der Waals surface area (Å²) in [5.41, 5.74) is 13.0. The summed E-state index contributed by atoms with van der Waals surface area (Å²) in [4.78, 5) is 0. The summed E-state index contributed by atoms with van der Waals surface area (Å²) in [5.74, 6) is 0. The van der Waals surface area contributed by atoms with Gasteiger partial charge in [-0.2, -0.15) is 0 Å². The Hall–Kier alpha value is -5.72. The van der Waals surface area contributed by atoms with Crippen molar-refractivity contribution in [3.63, 3.8) is 0 Å². The van der Waals surface area contributed by atoms with Crippen molar-refractivity contribution < 1.29 is 0 Å². The van der Waals surface area contributed by atoms with Gasteiger partial charge in [-0.3, -0.25) is 0 Å².